The minimum atomic E-state index is 0.288. The van der Waals surface area contributed by atoms with Crippen molar-refractivity contribution < 1.29 is 0 Å². The molecule has 0 aromatic heterocycles. The van der Waals surface area contributed by atoms with Gasteiger partial charge in [0.25, 0.3) is 0 Å². The van der Waals surface area contributed by atoms with Gasteiger partial charge in [-0.25, -0.2) is 0 Å². The van der Waals surface area contributed by atoms with Crippen LogP contribution in [0.15, 0.2) is 57.9 Å². The van der Waals surface area contributed by atoms with Crippen molar-refractivity contribution in [3.63, 3.8) is 0 Å². The molecule has 0 fully saturated rings. The van der Waals surface area contributed by atoms with E-state index in [0.29, 0.717) is 0 Å². The van der Waals surface area contributed by atoms with Gasteiger partial charge >= 0.3 is 0 Å². The average Bonchev–Trinajstić information content (AvgIpc) is 2.39. The zero-order valence-corrected chi connectivity index (χ0v) is 12.9. The summed E-state index contributed by atoms with van der Waals surface area (Å²) in [5.41, 5.74) is 2.47. The minimum absolute atomic E-state index is 0.288. The lowest BCUT2D eigenvalue weighted by atomic mass is 10.1. The lowest BCUT2D eigenvalue weighted by molar-refractivity contribution is 0.878. The Balaban J connectivity index is 2.18. The van der Waals surface area contributed by atoms with E-state index in [2.05, 4.69) is 76.9 Å². The molecule has 1 nitrogen and oxygen atoms in total. The van der Waals surface area contributed by atoms with Crippen molar-refractivity contribution in [3.05, 3.63) is 58.6 Å². The highest BCUT2D eigenvalue weighted by molar-refractivity contribution is 9.10. The maximum Gasteiger partial charge on any atom is 0.0486 e. The van der Waals surface area contributed by atoms with Crippen LogP contribution in [0.3, 0.4) is 0 Å². The normalized spacial score (nSPS) is 12.2. The van der Waals surface area contributed by atoms with Gasteiger partial charge in [-0.15, -0.1) is 11.8 Å². The number of halogens is 1. The van der Waals surface area contributed by atoms with Crippen LogP contribution < -0.4 is 5.32 Å². The molecule has 18 heavy (non-hydrogen) atoms. The molecular weight excluding hydrogens is 306 g/mol. The van der Waals surface area contributed by atoms with E-state index in [1.165, 1.54) is 16.1 Å². The molecule has 1 N–H and O–H groups in total. The van der Waals surface area contributed by atoms with Crippen LogP contribution in [-0.2, 0) is 0 Å². The van der Waals surface area contributed by atoms with E-state index in [1.807, 2.05) is 6.07 Å². The third kappa shape index (κ3) is 3.30. The highest BCUT2D eigenvalue weighted by Crippen LogP contribution is 2.28. The molecular formula is C15H16BrNS. The first kappa shape index (κ1) is 13.5. The Morgan fingerprint density at radius 1 is 1.11 bits per heavy atom. The first-order chi connectivity index (χ1) is 8.70. The van der Waals surface area contributed by atoms with Crippen molar-refractivity contribution >= 4 is 33.4 Å². The van der Waals surface area contributed by atoms with Crippen LogP contribution in [0.4, 0.5) is 5.69 Å². The molecule has 2 aromatic carbocycles. The molecule has 2 aromatic rings. The minimum Gasteiger partial charge on any atom is -0.378 e. The summed E-state index contributed by atoms with van der Waals surface area (Å²) in [7, 11) is 0. The van der Waals surface area contributed by atoms with Gasteiger partial charge in [0.1, 0.15) is 0 Å². The molecule has 3 heteroatoms. The van der Waals surface area contributed by atoms with Gasteiger partial charge in [-0.05, 0) is 43.0 Å². The summed E-state index contributed by atoms with van der Waals surface area (Å²) in [6.45, 7) is 2.18. The second kappa shape index (κ2) is 6.30. The summed E-state index contributed by atoms with van der Waals surface area (Å²) < 4.78 is 1.12. The Morgan fingerprint density at radius 3 is 2.61 bits per heavy atom. The fraction of sp³-hybridized carbons (Fsp3) is 0.200. The van der Waals surface area contributed by atoms with Gasteiger partial charge in [0.2, 0.25) is 0 Å². The topological polar surface area (TPSA) is 12.0 Å². The standard InChI is InChI=1S/C15H16BrNS/c1-11(12-6-5-7-13(16)10-12)17-14-8-3-4-9-15(14)18-2/h3-11,17H,1-2H3. The van der Waals surface area contributed by atoms with Gasteiger partial charge in [0.15, 0.2) is 0 Å². The summed E-state index contributed by atoms with van der Waals surface area (Å²) in [6.07, 6.45) is 2.10. The molecule has 0 radical (unpaired) electrons. The molecule has 94 valence electrons. The molecule has 0 aliphatic carbocycles. The Morgan fingerprint density at radius 2 is 1.89 bits per heavy atom. The molecule has 0 saturated carbocycles. The number of nitrogens with one attached hydrogen (secondary N) is 1. The molecule has 0 aliphatic heterocycles. The van der Waals surface area contributed by atoms with Gasteiger partial charge in [-0.3, -0.25) is 0 Å². The molecule has 1 atom stereocenters. The first-order valence-corrected chi connectivity index (χ1v) is 7.87. The molecule has 1 unspecified atom stereocenters. The summed E-state index contributed by atoms with van der Waals surface area (Å²) >= 11 is 5.28. The van der Waals surface area contributed by atoms with Gasteiger partial charge in [-0.2, -0.15) is 0 Å². The average molecular weight is 322 g/mol. The van der Waals surface area contributed by atoms with Crippen molar-refractivity contribution in [1.29, 1.82) is 0 Å². The second-order valence-corrected chi connectivity index (χ2v) is 5.89. The zero-order valence-electron chi connectivity index (χ0n) is 10.5. The molecule has 0 bridgehead atoms. The number of rotatable bonds is 4. The zero-order chi connectivity index (χ0) is 13.0. The monoisotopic (exact) mass is 321 g/mol. The summed E-state index contributed by atoms with van der Waals surface area (Å²) in [6, 6.07) is 17.1. The number of para-hydroxylation sites is 1. The van der Waals surface area contributed by atoms with Gasteiger partial charge in [0, 0.05) is 21.1 Å². The van der Waals surface area contributed by atoms with Crippen molar-refractivity contribution in [2.75, 3.05) is 11.6 Å². The predicted octanol–water partition coefficient (Wildman–Crippen LogP) is 5.34. The fourth-order valence-electron chi connectivity index (χ4n) is 1.86. The van der Waals surface area contributed by atoms with Crippen molar-refractivity contribution in [2.45, 2.75) is 17.9 Å². The molecule has 0 amide bonds. The predicted molar refractivity (Wildman–Crippen MR) is 84.4 cm³/mol. The second-order valence-electron chi connectivity index (χ2n) is 4.12. The SMILES string of the molecule is CSc1ccccc1NC(C)c1cccc(Br)c1. The molecule has 0 aliphatic rings. The fourth-order valence-corrected chi connectivity index (χ4v) is 2.83. The Kier molecular flexibility index (Phi) is 4.72. The van der Waals surface area contributed by atoms with E-state index in [9.17, 15) is 0 Å². The molecule has 0 spiro atoms. The number of thioether (sulfide) groups is 1. The number of hydrogen-bond acceptors (Lipinski definition) is 2. The Labute approximate surface area is 121 Å². The maximum absolute atomic E-state index is 3.56. The maximum atomic E-state index is 3.56. The highest BCUT2D eigenvalue weighted by Gasteiger charge is 2.07. The van der Waals surface area contributed by atoms with Crippen molar-refractivity contribution in [2.24, 2.45) is 0 Å². The number of anilines is 1. The van der Waals surface area contributed by atoms with Gasteiger partial charge in [0.05, 0.1) is 0 Å². The third-order valence-electron chi connectivity index (χ3n) is 2.83. The van der Waals surface area contributed by atoms with Crippen molar-refractivity contribution in [3.8, 4) is 0 Å². The van der Waals surface area contributed by atoms with Crippen LogP contribution in [0.25, 0.3) is 0 Å². The van der Waals surface area contributed by atoms with Crippen LogP contribution in [0, 0.1) is 0 Å². The van der Waals surface area contributed by atoms with Gasteiger partial charge < -0.3 is 5.32 Å². The molecule has 2 rings (SSSR count). The van der Waals surface area contributed by atoms with Crippen LogP contribution in [-0.4, -0.2) is 6.26 Å². The lowest BCUT2D eigenvalue weighted by Gasteiger charge is -2.18. The van der Waals surface area contributed by atoms with Crippen LogP contribution in [0.2, 0.25) is 0 Å². The van der Waals surface area contributed by atoms with Crippen molar-refractivity contribution in [1.82, 2.24) is 0 Å². The number of hydrogen-bond donors (Lipinski definition) is 1. The smallest absolute Gasteiger partial charge is 0.0486 e. The van der Waals surface area contributed by atoms with Crippen LogP contribution >= 0.6 is 27.7 Å². The summed E-state index contributed by atoms with van der Waals surface area (Å²) in [5, 5.41) is 3.56. The quantitative estimate of drug-likeness (QED) is 0.762. The number of benzene rings is 2. The largest absolute Gasteiger partial charge is 0.378 e. The van der Waals surface area contributed by atoms with Crippen LogP contribution in [0.1, 0.15) is 18.5 Å². The Bertz CT molecular complexity index is 527. The molecule has 0 saturated heterocycles. The van der Waals surface area contributed by atoms with E-state index in [4.69, 9.17) is 0 Å². The van der Waals surface area contributed by atoms with Gasteiger partial charge in [-0.1, -0.05) is 40.2 Å². The third-order valence-corrected chi connectivity index (χ3v) is 4.12. The van der Waals surface area contributed by atoms with E-state index >= 15 is 0 Å². The highest BCUT2D eigenvalue weighted by atomic mass is 79.9. The van der Waals surface area contributed by atoms with E-state index in [0.717, 1.165) is 4.47 Å². The Hall–Kier alpha value is -0.930. The first-order valence-electron chi connectivity index (χ1n) is 5.85. The van der Waals surface area contributed by atoms with E-state index in [1.54, 1.807) is 11.8 Å². The van der Waals surface area contributed by atoms with E-state index in [-0.39, 0.29) is 6.04 Å². The summed E-state index contributed by atoms with van der Waals surface area (Å²) in [5.74, 6) is 0. The lowest BCUT2D eigenvalue weighted by Crippen LogP contribution is -2.07. The molecule has 0 heterocycles. The van der Waals surface area contributed by atoms with E-state index < -0.39 is 0 Å². The van der Waals surface area contributed by atoms with Crippen LogP contribution in [0.5, 0.6) is 0 Å². The summed E-state index contributed by atoms with van der Waals surface area (Å²) in [4.78, 5) is 1.28.